The van der Waals surface area contributed by atoms with E-state index in [0.29, 0.717) is 24.2 Å². The van der Waals surface area contributed by atoms with Crippen molar-refractivity contribution >= 4 is 22.8 Å². The molecule has 28 heavy (non-hydrogen) atoms. The molecule has 3 N–H and O–H groups in total. The maximum atomic E-state index is 9.95. The highest BCUT2D eigenvalue weighted by Crippen LogP contribution is 2.19. The van der Waals surface area contributed by atoms with Gasteiger partial charge in [0.2, 0.25) is 0 Å². The lowest BCUT2D eigenvalue weighted by molar-refractivity contribution is 0.104. The van der Waals surface area contributed by atoms with E-state index in [9.17, 15) is 5.11 Å². The first kappa shape index (κ1) is 19.7. The standard InChI is InChI=1S/C21H25N5O2/c1-15(2)22-13-18(27)14-28-19-8-5-6-16(10-19)11-23-25-21-20-9-4-3-7-17(20)12-24-26-21/h3-12,15,18,22,27H,13-14H2,1-2H3,(H,25,26)/b23-11+. The maximum absolute atomic E-state index is 9.95. The van der Waals surface area contributed by atoms with Crippen molar-refractivity contribution in [3.63, 3.8) is 0 Å². The van der Waals surface area contributed by atoms with Crippen molar-refractivity contribution in [3.8, 4) is 5.75 Å². The lowest BCUT2D eigenvalue weighted by atomic mass is 10.2. The highest BCUT2D eigenvalue weighted by atomic mass is 16.5. The van der Waals surface area contributed by atoms with Crippen LogP contribution in [0.25, 0.3) is 10.8 Å². The molecule has 1 atom stereocenters. The van der Waals surface area contributed by atoms with Crippen molar-refractivity contribution in [3.05, 3.63) is 60.3 Å². The Morgan fingerprint density at radius 1 is 1.18 bits per heavy atom. The van der Waals surface area contributed by atoms with E-state index in [1.807, 2.05) is 62.4 Å². The summed E-state index contributed by atoms with van der Waals surface area (Å²) >= 11 is 0. The molecular weight excluding hydrogens is 354 g/mol. The molecule has 1 unspecified atom stereocenters. The van der Waals surface area contributed by atoms with Gasteiger partial charge in [-0.25, -0.2) is 0 Å². The summed E-state index contributed by atoms with van der Waals surface area (Å²) in [5, 5.41) is 27.4. The number of aliphatic hydroxyl groups is 1. The van der Waals surface area contributed by atoms with Crippen LogP contribution in [0.5, 0.6) is 5.75 Å². The first-order valence-corrected chi connectivity index (χ1v) is 9.25. The zero-order valence-corrected chi connectivity index (χ0v) is 16.0. The predicted molar refractivity (Wildman–Crippen MR) is 112 cm³/mol. The number of hydrogen-bond donors (Lipinski definition) is 3. The van der Waals surface area contributed by atoms with E-state index >= 15 is 0 Å². The predicted octanol–water partition coefficient (Wildman–Crippen LogP) is 2.81. The Morgan fingerprint density at radius 2 is 2.04 bits per heavy atom. The van der Waals surface area contributed by atoms with Gasteiger partial charge < -0.3 is 15.2 Å². The molecule has 0 saturated carbocycles. The van der Waals surface area contributed by atoms with Crippen LogP contribution in [0.3, 0.4) is 0 Å². The number of hydrazone groups is 1. The summed E-state index contributed by atoms with van der Waals surface area (Å²) in [7, 11) is 0. The number of hydrogen-bond acceptors (Lipinski definition) is 7. The Hall–Kier alpha value is -3.03. The molecule has 7 heteroatoms. The van der Waals surface area contributed by atoms with E-state index < -0.39 is 6.10 Å². The quantitative estimate of drug-likeness (QED) is 0.391. The van der Waals surface area contributed by atoms with Crippen LogP contribution >= 0.6 is 0 Å². The molecule has 0 aliphatic rings. The molecule has 3 rings (SSSR count). The molecule has 3 aromatic rings. The molecule has 1 aromatic heterocycles. The normalized spacial score (nSPS) is 12.6. The fourth-order valence-corrected chi connectivity index (χ4v) is 2.59. The van der Waals surface area contributed by atoms with Crippen LogP contribution in [-0.2, 0) is 0 Å². The first-order valence-electron chi connectivity index (χ1n) is 9.25. The van der Waals surface area contributed by atoms with Gasteiger partial charge in [0.05, 0.1) is 12.4 Å². The molecule has 1 heterocycles. The largest absolute Gasteiger partial charge is 0.491 e. The minimum absolute atomic E-state index is 0.226. The van der Waals surface area contributed by atoms with E-state index in [1.54, 1.807) is 12.4 Å². The number of benzene rings is 2. The van der Waals surface area contributed by atoms with Gasteiger partial charge in [0.15, 0.2) is 5.82 Å². The number of fused-ring (bicyclic) bond motifs is 1. The second-order valence-electron chi connectivity index (χ2n) is 6.75. The number of nitrogens with zero attached hydrogens (tertiary/aromatic N) is 3. The van der Waals surface area contributed by atoms with Crippen LogP contribution in [0.15, 0.2) is 59.8 Å². The van der Waals surface area contributed by atoms with Crippen LogP contribution < -0.4 is 15.5 Å². The fraction of sp³-hybridized carbons (Fsp3) is 0.286. The van der Waals surface area contributed by atoms with Gasteiger partial charge in [0.25, 0.3) is 0 Å². The minimum Gasteiger partial charge on any atom is -0.491 e. The van der Waals surface area contributed by atoms with Crippen molar-refractivity contribution in [2.75, 3.05) is 18.6 Å². The van der Waals surface area contributed by atoms with Crippen LogP contribution in [0.2, 0.25) is 0 Å². The highest BCUT2D eigenvalue weighted by molar-refractivity contribution is 5.91. The monoisotopic (exact) mass is 379 g/mol. The van der Waals surface area contributed by atoms with E-state index in [1.165, 1.54) is 0 Å². The number of aromatic nitrogens is 2. The Balaban J connectivity index is 1.58. The summed E-state index contributed by atoms with van der Waals surface area (Å²) in [5.41, 5.74) is 3.81. The fourth-order valence-electron chi connectivity index (χ4n) is 2.59. The zero-order valence-electron chi connectivity index (χ0n) is 16.0. The molecule has 7 nitrogen and oxygen atoms in total. The highest BCUT2D eigenvalue weighted by Gasteiger charge is 2.06. The van der Waals surface area contributed by atoms with Crippen molar-refractivity contribution in [1.29, 1.82) is 0 Å². The average molecular weight is 379 g/mol. The summed E-state index contributed by atoms with van der Waals surface area (Å²) in [6, 6.07) is 15.7. The van der Waals surface area contributed by atoms with Gasteiger partial charge in [-0.15, -0.1) is 5.10 Å². The van der Waals surface area contributed by atoms with Crippen LogP contribution in [0.1, 0.15) is 19.4 Å². The van der Waals surface area contributed by atoms with Crippen molar-refractivity contribution in [2.24, 2.45) is 5.10 Å². The molecule has 0 spiro atoms. The molecule has 0 aliphatic heterocycles. The average Bonchev–Trinajstić information content (AvgIpc) is 2.71. The first-order chi connectivity index (χ1) is 13.6. The van der Waals surface area contributed by atoms with Crippen LogP contribution in [-0.4, -0.2) is 46.8 Å². The molecule has 0 bridgehead atoms. The van der Waals surface area contributed by atoms with Crippen molar-refractivity contribution in [1.82, 2.24) is 15.5 Å². The number of nitrogens with one attached hydrogen (secondary N) is 2. The van der Waals surface area contributed by atoms with Crippen molar-refractivity contribution < 1.29 is 9.84 Å². The van der Waals surface area contributed by atoms with Crippen LogP contribution in [0, 0.1) is 0 Å². The second-order valence-corrected chi connectivity index (χ2v) is 6.75. The van der Waals surface area contributed by atoms with Gasteiger partial charge in [-0.2, -0.15) is 10.2 Å². The SMILES string of the molecule is CC(C)NCC(O)COc1cccc(/C=N/Nc2nncc3ccccc23)c1. The molecule has 146 valence electrons. The Kier molecular flexibility index (Phi) is 6.89. The number of anilines is 1. The number of aliphatic hydroxyl groups excluding tert-OH is 1. The maximum Gasteiger partial charge on any atom is 0.176 e. The minimum atomic E-state index is -0.564. The third kappa shape index (κ3) is 5.73. The zero-order chi connectivity index (χ0) is 19.8. The Morgan fingerprint density at radius 3 is 2.89 bits per heavy atom. The summed E-state index contributed by atoms with van der Waals surface area (Å²) < 4.78 is 5.67. The lowest BCUT2D eigenvalue weighted by Crippen LogP contribution is -2.35. The summed E-state index contributed by atoms with van der Waals surface area (Å²) in [4.78, 5) is 0. The van der Waals surface area contributed by atoms with Gasteiger partial charge >= 0.3 is 0 Å². The third-order valence-corrected chi connectivity index (χ3v) is 4.02. The molecular formula is C21H25N5O2. The third-order valence-electron chi connectivity index (χ3n) is 4.02. The molecule has 0 saturated heterocycles. The number of rotatable bonds is 9. The summed E-state index contributed by atoms with van der Waals surface area (Å²) in [5.74, 6) is 1.28. The van der Waals surface area contributed by atoms with E-state index in [4.69, 9.17) is 4.74 Å². The summed E-state index contributed by atoms with van der Waals surface area (Å²) in [6.45, 7) is 4.79. The van der Waals surface area contributed by atoms with Crippen LogP contribution in [0.4, 0.5) is 5.82 Å². The van der Waals surface area contributed by atoms with Gasteiger partial charge in [0, 0.05) is 23.4 Å². The molecule has 0 aliphatic carbocycles. The molecule has 0 fully saturated rings. The summed E-state index contributed by atoms with van der Waals surface area (Å²) in [6.07, 6.45) is 2.84. The number of ether oxygens (including phenoxy) is 1. The second kappa shape index (κ2) is 9.77. The van der Waals surface area contributed by atoms with Gasteiger partial charge in [-0.3, -0.25) is 5.43 Å². The van der Waals surface area contributed by atoms with Gasteiger partial charge in [-0.1, -0.05) is 50.2 Å². The van der Waals surface area contributed by atoms with Gasteiger partial charge in [-0.05, 0) is 17.7 Å². The Bertz CT molecular complexity index is 924. The van der Waals surface area contributed by atoms with Gasteiger partial charge in [0.1, 0.15) is 18.5 Å². The lowest BCUT2D eigenvalue weighted by Gasteiger charge is -2.15. The van der Waals surface area contributed by atoms with E-state index in [0.717, 1.165) is 16.3 Å². The van der Waals surface area contributed by atoms with E-state index in [2.05, 4.69) is 26.0 Å². The molecule has 0 radical (unpaired) electrons. The Labute approximate surface area is 164 Å². The molecule has 2 aromatic carbocycles. The van der Waals surface area contributed by atoms with Crippen molar-refractivity contribution in [2.45, 2.75) is 26.0 Å². The molecule has 0 amide bonds. The van der Waals surface area contributed by atoms with E-state index in [-0.39, 0.29) is 6.61 Å². The topological polar surface area (TPSA) is 91.7 Å². The smallest absolute Gasteiger partial charge is 0.176 e.